The average molecular weight is 360 g/mol. The van der Waals surface area contributed by atoms with E-state index in [0.717, 1.165) is 6.21 Å². The molecule has 26 heavy (non-hydrogen) atoms. The van der Waals surface area contributed by atoms with Gasteiger partial charge in [0.15, 0.2) is 0 Å². The number of benzene rings is 1. The van der Waals surface area contributed by atoms with Crippen LogP contribution in [0.15, 0.2) is 30.3 Å². The lowest BCUT2D eigenvalue weighted by atomic mass is 10.0. The highest BCUT2D eigenvalue weighted by atomic mass is 16.6. The number of carbonyl (C=O) groups is 3. The van der Waals surface area contributed by atoms with E-state index in [1.165, 1.54) is 0 Å². The number of carbonyl (C=O) groups excluding carboxylic acids is 3. The summed E-state index contributed by atoms with van der Waals surface area (Å²) >= 11 is 0. The summed E-state index contributed by atoms with van der Waals surface area (Å²) in [6, 6.07) is 6.69. The second kappa shape index (κ2) is 9.60. The van der Waals surface area contributed by atoms with Crippen LogP contribution in [0.4, 0.5) is 0 Å². The molecular weight excluding hydrogens is 336 g/mol. The van der Waals surface area contributed by atoms with Crippen LogP contribution in [0.3, 0.4) is 0 Å². The van der Waals surface area contributed by atoms with E-state index >= 15 is 0 Å². The quantitative estimate of drug-likeness (QED) is 0.310. The summed E-state index contributed by atoms with van der Waals surface area (Å²) in [6.07, 6.45) is 0.630. The smallest absolute Gasteiger partial charge is 0.329 e. The van der Waals surface area contributed by atoms with Crippen LogP contribution in [0.5, 0.6) is 0 Å². The number of ether oxygens (including phenoxy) is 1. The molecule has 0 fully saturated rings. The lowest BCUT2D eigenvalue weighted by molar-refractivity contribution is -0.159. The first kappa shape index (κ1) is 21.2. The summed E-state index contributed by atoms with van der Waals surface area (Å²) in [5.41, 5.74) is 14.2. The third kappa shape index (κ3) is 7.38. The maximum absolute atomic E-state index is 12.4. The van der Waals surface area contributed by atoms with Gasteiger partial charge in [0.05, 0.1) is 0 Å². The normalized spacial score (nSPS) is 13.1. The zero-order valence-corrected chi connectivity index (χ0v) is 15.1. The number of hydrogen-bond donors (Lipinski definition) is 2. The van der Waals surface area contributed by atoms with E-state index in [0.29, 0.717) is 5.56 Å². The van der Waals surface area contributed by atoms with Gasteiger partial charge >= 0.3 is 12.2 Å². The highest BCUT2D eigenvalue weighted by Gasteiger charge is 2.29. The topological polar surface area (TPSA) is 135 Å². The Bertz CT molecular complexity index is 691. The first-order chi connectivity index (χ1) is 12.1. The number of ketones is 1. The molecule has 1 aromatic rings. The number of esters is 1. The van der Waals surface area contributed by atoms with Gasteiger partial charge in [0.25, 0.3) is 0 Å². The molecule has 0 aromatic heterocycles. The number of hydrogen-bond acceptors (Lipinski definition) is 5. The zero-order valence-electron chi connectivity index (χ0n) is 15.1. The number of nitrogens with one attached hydrogen (secondary N) is 1. The van der Waals surface area contributed by atoms with E-state index < -0.39 is 35.3 Å². The van der Waals surface area contributed by atoms with Crippen molar-refractivity contribution in [1.82, 2.24) is 5.32 Å². The van der Waals surface area contributed by atoms with Gasteiger partial charge in [-0.05, 0) is 32.8 Å². The fourth-order valence-corrected chi connectivity index (χ4v) is 2.11. The summed E-state index contributed by atoms with van der Waals surface area (Å²) in [4.78, 5) is 38.9. The number of Topliss-reactive ketones (excluding diaryl/α,β-unsaturated/α-hetero) is 1. The Kier molecular flexibility index (Phi) is 7.83. The van der Waals surface area contributed by atoms with Gasteiger partial charge in [0, 0.05) is 6.42 Å². The number of nitrogens with zero attached hydrogens (tertiary/aromatic N) is 2. The molecule has 0 radical (unpaired) electrons. The molecule has 0 spiro atoms. The molecule has 0 aliphatic heterocycles. The summed E-state index contributed by atoms with van der Waals surface area (Å²) in [5.74, 6) is -1.71. The van der Waals surface area contributed by atoms with Crippen LogP contribution >= 0.6 is 0 Å². The number of rotatable bonds is 8. The zero-order chi connectivity index (χ0) is 19.7. The van der Waals surface area contributed by atoms with Crippen molar-refractivity contribution in [1.29, 1.82) is 0 Å². The highest BCUT2D eigenvalue weighted by Crippen LogP contribution is 2.13. The Hall–Kier alpha value is -2.83. The second-order valence-corrected chi connectivity index (χ2v) is 6.73. The molecule has 1 aromatic carbocycles. The first-order valence-corrected chi connectivity index (χ1v) is 8.18. The van der Waals surface area contributed by atoms with Crippen molar-refractivity contribution < 1.29 is 23.9 Å². The molecule has 0 aliphatic carbocycles. The van der Waals surface area contributed by atoms with Gasteiger partial charge in [0.1, 0.15) is 17.7 Å². The van der Waals surface area contributed by atoms with Crippen molar-refractivity contribution in [3.05, 3.63) is 41.4 Å². The lowest BCUT2D eigenvalue weighted by Gasteiger charge is -2.25. The Morgan fingerprint density at radius 2 is 1.88 bits per heavy atom. The predicted octanol–water partition coefficient (Wildman–Crippen LogP) is 1.16. The third-order valence-corrected chi connectivity index (χ3v) is 3.33. The molecule has 0 bridgehead atoms. The predicted molar refractivity (Wildman–Crippen MR) is 95.1 cm³/mol. The fraction of sp³-hybridized carbons (Fsp3) is 0.444. The van der Waals surface area contributed by atoms with E-state index in [1.54, 1.807) is 51.1 Å². The first-order valence-electron chi connectivity index (χ1n) is 8.18. The molecule has 3 N–H and O–H groups in total. The van der Waals surface area contributed by atoms with Crippen molar-refractivity contribution >= 4 is 23.9 Å². The molecule has 1 amide bonds. The van der Waals surface area contributed by atoms with Crippen molar-refractivity contribution in [2.75, 3.05) is 0 Å². The Morgan fingerprint density at radius 3 is 2.42 bits per heavy atom. The minimum Gasteiger partial charge on any atom is -0.458 e. The van der Waals surface area contributed by atoms with E-state index in [9.17, 15) is 14.4 Å². The minimum absolute atomic E-state index is 0.00693. The van der Waals surface area contributed by atoms with Gasteiger partial charge in [-0.2, -0.15) is 4.79 Å². The lowest BCUT2D eigenvalue weighted by Crippen LogP contribution is -2.47. The molecule has 0 saturated carbocycles. The molecule has 0 heterocycles. The molecule has 8 nitrogen and oxygen atoms in total. The second-order valence-electron chi connectivity index (χ2n) is 6.73. The number of nitrogens with two attached hydrogens (primary N) is 1. The average Bonchev–Trinajstić information content (AvgIpc) is 2.57. The van der Waals surface area contributed by atoms with Crippen molar-refractivity contribution in [3.8, 4) is 0 Å². The van der Waals surface area contributed by atoms with Crippen LogP contribution in [-0.4, -0.2) is 40.3 Å². The largest absolute Gasteiger partial charge is 0.458 e. The standard InChI is InChI=1S/C18H24N4O4/c1-18(2,3)26-17(25)14(10-9-13(23)11-21-20)22-16(24)15(19)12-7-5-4-6-8-12/h4-8,11,14-15H,9-10,19H2,1-3H3,(H,22,24)/t14-,15-/m0/s1. The molecule has 1 rings (SSSR count). The van der Waals surface area contributed by atoms with Gasteiger partial charge < -0.3 is 21.3 Å². The summed E-state index contributed by atoms with van der Waals surface area (Å²) < 4.78 is 5.29. The Labute approximate surface area is 152 Å². The Balaban J connectivity index is 2.85. The van der Waals surface area contributed by atoms with Gasteiger partial charge in [-0.25, -0.2) is 4.79 Å². The summed E-state index contributed by atoms with van der Waals surface area (Å²) in [7, 11) is 0. The molecular formula is C18H24N4O4. The molecule has 0 unspecified atom stereocenters. The summed E-state index contributed by atoms with van der Waals surface area (Å²) in [6.45, 7) is 5.09. The summed E-state index contributed by atoms with van der Waals surface area (Å²) in [5, 5.41) is 2.54. The van der Waals surface area contributed by atoms with Gasteiger partial charge in [-0.15, -0.1) is 0 Å². The van der Waals surface area contributed by atoms with Crippen LogP contribution in [0.25, 0.3) is 5.53 Å². The molecule has 140 valence electrons. The highest BCUT2D eigenvalue weighted by molar-refractivity contribution is 6.25. The van der Waals surface area contributed by atoms with Crippen LogP contribution in [0.1, 0.15) is 45.2 Å². The van der Waals surface area contributed by atoms with E-state index in [-0.39, 0.29) is 12.8 Å². The van der Waals surface area contributed by atoms with E-state index in [2.05, 4.69) is 10.1 Å². The van der Waals surface area contributed by atoms with Crippen LogP contribution in [-0.2, 0) is 19.1 Å². The number of amides is 1. The van der Waals surface area contributed by atoms with Crippen molar-refractivity contribution in [2.45, 2.75) is 51.3 Å². The van der Waals surface area contributed by atoms with E-state index in [1.807, 2.05) is 0 Å². The van der Waals surface area contributed by atoms with Gasteiger partial charge in [0.2, 0.25) is 11.7 Å². The van der Waals surface area contributed by atoms with Crippen LogP contribution in [0, 0.1) is 0 Å². The maximum atomic E-state index is 12.4. The fourth-order valence-electron chi connectivity index (χ4n) is 2.11. The maximum Gasteiger partial charge on any atom is 0.329 e. The van der Waals surface area contributed by atoms with Crippen molar-refractivity contribution in [3.63, 3.8) is 0 Å². The Morgan fingerprint density at radius 1 is 1.27 bits per heavy atom. The monoisotopic (exact) mass is 360 g/mol. The molecule has 8 heteroatoms. The van der Waals surface area contributed by atoms with Crippen LogP contribution < -0.4 is 11.1 Å². The van der Waals surface area contributed by atoms with Crippen molar-refractivity contribution in [2.24, 2.45) is 5.73 Å². The van der Waals surface area contributed by atoms with Crippen LogP contribution in [0.2, 0.25) is 0 Å². The minimum atomic E-state index is -1.05. The molecule has 0 saturated heterocycles. The third-order valence-electron chi connectivity index (χ3n) is 3.33. The molecule has 2 atom stereocenters. The van der Waals surface area contributed by atoms with Gasteiger partial charge in [-0.3, -0.25) is 9.59 Å². The van der Waals surface area contributed by atoms with Gasteiger partial charge in [-0.1, -0.05) is 30.3 Å². The molecule has 0 aliphatic rings. The SMILES string of the molecule is CC(C)(C)OC(=O)[C@H](CCC(=O)C=[N+]=[N-])NC(=O)[C@@H](N)c1ccccc1. The van der Waals surface area contributed by atoms with E-state index in [4.69, 9.17) is 16.0 Å².